The molecule has 1 rings (SSSR count). The molecule has 0 saturated carbocycles. The molecule has 0 aliphatic rings. The van der Waals surface area contributed by atoms with Gasteiger partial charge in [0.15, 0.2) is 0 Å². The van der Waals surface area contributed by atoms with Gasteiger partial charge in [0.25, 0.3) is 0 Å². The Kier molecular flexibility index (Phi) is 5.87. The first-order chi connectivity index (χ1) is 8.27. The van der Waals surface area contributed by atoms with Crippen LogP contribution in [0, 0.1) is 0 Å². The lowest BCUT2D eigenvalue weighted by molar-refractivity contribution is 1.19. The van der Waals surface area contributed by atoms with Crippen LogP contribution in [0.25, 0.3) is 5.70 Å². The summed E-state index contributed by atoms with van der Waals surface area (Å²) >= 11 is 0. The molecular weight excluding hydrogens is 206 g/mol. The van der Waals surface area contributed by atoms with Gasteiger partial charge in [-0.25, -0.2) is 0 Å². The van der Waals surface area contributed by atoms with E-state index in [2.05, 4.69) is 38.2 Å². The fraction of sp³-hybridized carbons (Fsp3) is 0.250. The van der Waals surface area contributed by atoms with E-state index < -0.39 is 0 Å². The van der Waals surface area contributed by atoms with Crippen LogP contribution in [-0.4, -0.2) is 0 Å². The third kappa shape index (κ3) is 4.73. The number of nitrogens with two attached hydrogens (primary N) is 1. The third-order valence-corrected chi connectivity index (χ3v) is 2.60. The van der Waals surface area contributed by atoms with Crippen LogP contribution in [0.2, 0.25) is 0 Å². The van der Waals surface area contributed by atoms with E-state index in [4.69, 9.17) is 5.73 Å². The van der Waals surface area contributed by atoms with E-state index in [1.165, 1.54) is 5.57 Å². The van der Waals surface area contributed by atoms with Crippen LogP contribution in [0.15, 0.2) is 60.2 Å². The topological polar surface area (TPSA) is 26.0 Å². The van der Waals surface area contributed by atoms with Crippen molar-refractivity contribution in [2.45, 2.75) is 26.7 Å². The van der Waals surface area contributed by atoms with Crippen molar-refractivity contribution in [1.82, 2.24) is 0 Å². The minimum atomic E-state index is 0.842. The van der Waals surface area contributed by atoms with Crippen LogP contribution in [0.3, 0.4) is 0 Å². The van der Waals surface area contributed by atoms with Gasteiger partial charge >= 0.3 is 0 Å². The molecule has 1 heteroatoms. The summed E-state index contributed by atoms with van der Waals surface area (Å²) in [6.45, 7) is 4.19. The Morgan fingerprint density at radius 3 is 2.53 bits per heavy atom. The Bertz CT molecular complexity index is 410. The van der Waals surface area contributed by atoms with Crippen molar-refractivity contribution >= 4 is 5.70 Å². The van der Waals surface area contributed by atoms with Crippen LogP contribution < -0.4 is 5.73 Å². The molecule has 0 heterocycles. The second-order valence-electron chi connectivity index (χ2n) is 3.90. The van der Waals surface area contributed by atoms with Gasteiger partial charge < -0.3 is 5.73 Å². The van der Waals surface area contributed by atoms with Crippen molar-refractivity contribution in [3.63, 3.8) is 0 Å². The fourth-order valence-corrected chi connectivity index (χ4v) is 1.53. The summed E-state index contributed by atoms with van der Waals surface area (Å²) in [7, 11) is 0. The van der Waals surface area contributed by atoms with Crippen molar-refractivity contribution in [2.24, 2.45) is 5.73 Å². The second kappa shape index (κ2) is 7.50. The number of rotatable bonds is 5. The maximum Gasteiger partial charge on any atom is 0.0350 e. The SMILES string of the molecule is C/C=C(\C=C/CC)C/C=C(\N)c1ccccc1. The molecule has 0 fully saturated rings. The minimum absolute atomic E-state index is 0.842. The van der Waals surface area contributed by atoms with Crippen LogP contribution in [0.4, 0.5) is 0 Å². The molecule has 0 saturated heterocycles. The highest BCUT2D eigenvalue weighted by molar-refractivity contribution is 5.62. The van der Waals surface area contributed by atoms with Gasteiger partial charge in [-0.15, -0.1) is 0 Å². The zero-order valence-corrected chi connectivity index (χ0v) is 10.7. The van der Waals surface area contributed by atoms with E-state index in [9.17, 15) is 0 Å². The summed E-state index contributed by atoms with van der Waals surface area (Å²) in [5, 5.41) is 0. The molecule has 0 aromatic heterocycles. The second-order valence-corrected chi connectivity index (χ2v) is 3.90. The quantitative estimate of drug-likeness (QED) is 0.746. The van der Waals surface area contributed by atoms with Crippen LogP contribution in [0.5, 0.6) is 0 Å². The predicted octanol–water partition coefficient (Wildman–Crippen LogP) is 4.29. The fourth-order valence-electron chi connectivity index (χ4n) is 1.53. The van der Waals surface area contributed by atoms with E-state index in [0.717, 1.165) is 24.1 Å². The lowest BCUT2D eigenvalue weighted by atomic mass is 10.1. The smallest absolute Gasteiger partial charge is 0.0350 e. The molecule has 1 aromatic rings. The maximum atomic E-state index is 6.04. The normalized spacial score (nSPS) is 13.3. The molecule has 0 aliphatic heterocycles. The van der Waals surface area contributed by atoms with Gasteiger partial charge in [0, 0.05) is 5.70 Å². The Morgan fingerprint density at radius 2 is 1.94 bits per heavy atom. The van der Waals surface area contributed by atoms with Gasteiger partial charge in [-0.3, -0.25) is 0 Å². The molecule has 0 amide bonds. The molecule has 0 bridgehead atoms. The lowest BCUT2D eigenvalue weighted by Gasteiger charge is -2.02. The standard InChI is InChI=1S/C16H21N/c1-3-5-9-14(4-2)12-13-16(17)15-10-7-6-8-11-15/h4-11,13H,3,12,17H2,1-2H3/b9-5-,14-4+,16-13-. The third-order valence-electron chi connectivity index (χ3n) is 2.60. The first-order valence-electron chi connectivity index (χ1n) is 6.10. The largest absolute Gasteiger partial charge is 0.398 e. The lowest BCUT2D eigenvalue weighted by Crippen LogP contribution is -1.95. The molecule has 1 nitrogen and oxygen atoms in total. The zero-order valence-electron chi connectivity index (χ0n) is 10.7. The van der Waals surface area contributed by atoms with Gasteiger partial charge in [-0.2, -0.15) is 0 Å². The van der Waals surface area contributed by atoms with Crippen molar-refractivity contribution in [3.8, 4) is 0 Å². The summed E-state index contributed by atoms with van der Waals surface area (Å²) in [4.78, 5) is 0. The highest BCUT2D eigenvalue weighted by atomic mass is 14.6. The molecule has 17 heavy (non-hydrogen) atoms. The van der Waals surface area contributed by atoms with Gasteiger partial charge in [-0.05, 0) is 30.9 Å². The van der Waals surface area contributed by atoms with Crippen molar-refractivity contribution < 1.29 is 0 Å². The van der Waals surface area contributed by atoms with Gasteiger partial charge in [0.2, 0.25) is 0 Å². The van der Waals surface area contributed by atoms with Crippen molar-refractivity contribution in [1.29, 1.82) is 0 Å². The maximum absolute atomic E-state index is 6.04. The van der Waals surface area contributed by atoms with Crippen molar-refractivity contribution in [3.05, 3.63) is 65.8 Å². The Labute approximate surface area is 104 Å². The molecule has 1 aromatic carbocycles. The Morgan fingerprint density at radius 1 is 1.24 bits per heavy atom. The minimum Gasteiger partial charge on any atom is -0.398 e. The summed E-state index contributed by atoms with van der Waals surface area (Å²) in [6.07, 6.45) is 10.5. The van der Waals surface area contributed by atoms with Gasteiger partial charge in [-0.1, -0.05) is 61.6 Å². The summed E-state index contributed by atoms with van der Waals surface area (Å²) < 4.78 is 0. The van der Waals surface area contributed by atoms with Crippen LogP contribution in [-0.2, 0) is 0 Å². The number of hydrogen-bond donors (Lipinski definition) is 1. The molecule has 0 unspecified atom stereocenters. The molecule has 2 N–H and O–H groups in total. The molecule has 0 atom stereocenters. The number of benzene rings is 1. The first-order valence-corrected chi connectivity index (χ1v) is 6.10. The van der Waals surface area contributed by atoms with E-state index in [-0.39, 0.29) is 0 Å². The molecule has 0 radical (unpaired) electrons. The summed E-state index contributed by atoms with van der Waals surface area (Å²) in [6, 6.07) is 10.1. The monoisotopic (exact) mass is 227 g/mol. The molecule has 0 spiro atoms. The molecular formula is C16H21N. The van der Waals surface area contributed by atoms with Gasteiger partial charge in [0.1, 0.15) is 0 Å². The van der Waals surface area contributed by atoms with Crippen LogP contribution in [0.1, 0.15) is 32.3 Å². The molecule has 0 aliphatic carbocycles. The average Bonchev–Trinajstić information content (AvgIpc) is 2.39. The summed E-state index contributed by atoms with van der Waals surface area (Å²) in [5.41, 5.74) is 9.26. The van der Waals surface area contributed by atoms with Gasteiger partial charge in [0.05, 0.1) is 0 Å². The molecule has 90 valence electrons. The highest BCUT2D eigenvalue weighted by Crippen LogP contribution is 2.12. The van der Waals surface area contributed by atoms with E-state index in [0.29, 0.717) is 0 Å². The van der Waals surface area contributed by atoms with E-state index in [1.54, 1.807) is 0 Å². The number of hydrogen-bond acceptors (Lipinski definition) is 1. The van der Waals surface area contributed by atoms with E-state index in [1.807, 2.05) is 30.3 Å². The summed E-state index contributed by atoms with van der Waals surface area (Å²) in [5.74, 6) is 0. The predicted molar refractivity (Wildman–Crippen MR) is 76.4 cm³/mol. The Balaban J connectivity index is 2.68. The van der Waals surface area contributed by atoms with E-state index >= 15 is 0 Å². The zero-order chi connectivity index (χ0) is 12.5. The Hall–Kier alpha value is -1.76. The highest BCUT2D eigenvalue weighted by Gasteiger charge is 1.95. The number of allylic oxidation sites excluding steroid dienone is 5. The van der Waals surface area contributed by atoms with Crippen molar-refractivity contribution in [2.75, 3.05) is 0 Å². The van der Waals surface area contributed by atoms with Crippen LogP contribution >= 0.6 is 0 Å². The average molecular weight is 227 g/mol. The first kappa shape index (κ1) is 13.3.